The number of rotatable bonds is 0. The van der Waals surface area contributed by atoms with E-state index in [4.69, 9.17) is 0 Å². The summed E-state index contributed by atoms with van der Waals surface area (Å²) in [5, 5.41) is 0. The zero-order chi connectivity index (χ0) is 0. The third-order valence-corrected chi connectivity index (χ3v) is 0. The minimum Gasteiger partial charge on any atom is -2.00 e. The van der Waals surface area contributed by atoms with Crippen LogP contribution in [0.4, 0.5) is 0 Å². The molecule has 0 aromatic rings. The van der Waals surface area contributed by atoms with E-state index >= 15 is 0 Å². The van der Waals surface area contributed by atoms with Crippen LogP contribution in [0.25, 0.3) is 0 Å². The van der Waals surface area contributed by atoms with Gasteiger partial charge in [-0.25, -0.2) is 0 Å². The molecular formula is Nb2O5V2-10. The molecule has 0 aromatic carbocycles. The molecular weight excluding hydrogens is 368 g/mol. The van der Waals surface area contributed by atoms with Gasteiger partial charge in [0.25, 0.3) is 0 Å². The van der Waals surface area contributed by atoms with Gasteiger partial charge in [-0.15, -0.1) is 0 Å². The monoisotopic (exact) mass is 368 g/mol. The van der Waals surface area contributed by atoms with E-state index in [0.29, 0.717) is 0 Å². The largest absolute Gasteiger partial charge is 2.00 e. The molecule has 0 saturated carbocycles. The Morgan fingerprint density at radius 1 is 0.333 bits per heavy atom. The quantitative estimate of drug-likeness (QED) is 0.504. The summed E-state index contributed by atoms with van der Waals surface area (Å²) in [4.78, 5) is 0. The van der Waals surface area contributed by atoms with Crippen molar-refractivity contribution in [3.63, 3.8) is 0 Å². The average Bonchev–Trinajstić information content (AvgIpc) is 0. The van der Waals surface area contributed by atoms with Gasteiger partial charge in [-0.05, 0) is 0 Å². The summed E-state index contributed by atoms with van der Waals surface area (Å²) < 4.78 is 0. The van der Waals surface area contributed by atoms with E-state index in [9.17, 15) is 0 Å². The van der Waals surface area contributed by atoms with Crippen molar-refractivity contribution >= 4 is 0 Å². The SMILES string of the molecule is [Nb].[Nb].[O-2].[O-2].[O-2].[O-2].[O-2].[V].[V]. The molecule has 0 aromatic heterocycles. The van der Waals surface area contributed by atoms with Crippen molar-refractivity contribution in [2.75, 3.05) is 0 Å². The Balaban J connectivity index is 0. The van der Waals surface area contributed by atoms with Crippen LogP contribution in [-0.2, 0) is 109 Å². The van der Waals surface area contributed by atoms with Crippen molar-refractivity contribution in [1.82, 2.24) is 0 Å². The Labute approximate surface area is 108 Å². The van der Waals surface area contributed by atoms with Crippen LogP contribution in [0.1, 0.15) is 0 Å². The van der Waals surface area contributed by atoms with Crippen LogP contribution in [-0.4, -0.2) is 0 Å². The van der Waals surface area contributed by atoms with Crippen LogP contribution in [0.15, 0.2) is 0 Å². The van der Waals surface area contributed by atoms with Crippen LogP contribution < -0.4 is 0 Å². The van der Waals surface area contributed by atoms with Crippen molar-refractivity contribution in [1.29, 1.82) is 0 Å². The van der Waals surface area contributed by atoms with Crippen LogP contribution >= 0.6 is 0 Å². The summed E-state index contributed by atoms with van der Waals surface area (Å²) in [5.74, 6) is 0. The molecule has 0 heterocycles. The van der Waals surface area contributed by atoms with Gasteiger partial charge in [0.2, 0.25) is 0 Å². The summed E-state index contributed by atoms with van der Waals surface area (Å²) in [7, 11) is 0. The van der Waals surface area contributed by atoms with Crippen molar-refractivity contribution in [3.05, 3.63) is 0 Å². The zero-order valence-corrected chi connectivity index (χ0v) is 11.0. The molecule has 0 amide bonds. The molecule has 5 nitrogen and oxygen atoms in total. The predicted octanol–water partition coefficient (Wildman–Crippen LogP) is -0.604. The minimum atomic E-state index is 0. The summed E-state index contributed by atoms with van der Waals surface area (Å²) >= 11 is 0. The molecule has 9 heteroatoms. The molecule has 0 aliphatic carbocycles. The molecule has 0 aliphatic rings. The van der Waals surface area contributed by atoms with E-state index in [2.05, 4.69) is 0 Å². The Morgan fingerprint density at radius 3 is 0.333 bits per heavy atom. The molecule has 0 N–H and O–H groups in total. The third-order valence-electron chi connectivity index (χ3n) is 0. The molecule has 9 heavy (non-hydrogen) atoms. The number of hydrogen-bond acceptors (Lipinski definition) is 0. The van der Waals surface area contributed by atoms with Crippen LogP contribution in [0.5, 0.6) is 0 Å². The van der Waals surface area contributed by atoms with Crippen molar-refractivity contribution in [2.45, 2.75) is 0 Å². The summed E-state index contributed by atoms with van der Waals surface area (Å²) in [6.45, 7) is 0. The van der Waals surface area contributed by atoms with E-state index in [1.54, 1.807) is 0 Å². The van der Waals surface area contributed by atoms with E-state index in [0.717, 1.165) is 0 Å². The summed E-state index contributed by atoms with van der Waals surface area (Å²) in [6.07, 6.45) is 0. The second kappa shape index (κ2) is 156. The maximum atomic E-state index is 0. The van der Waals surface area contributed by atoms with Crippen LogP contribution in [0, 0.1) is 0 Å². The van der Waals surface area contributed by atoms with Gasteiger partial charge in [0.05, 0.1) is 0 Å². The molecule has 0 saturated heterocycles. The summed E-state index contributed by atoms with van der Waals surface area (Å²) in [5.41, 5.74) is 0. The molecule has 0 spiro atoms. The Morgan fingerprint density at radius 2 is 0.333 bits per heavy atom. The smallest absolute Gasteiger partial charge is 0 e. The van der Waals surface area contributed by atoms with E-state index < -0.39 is 0 Å². The fraction of sp³-hybridized carbons (Fsp3) is 0. The Bertz CT molecular complexity index is 12.9. The maximum Gasteiger partial charge on any atom is 0 e. The first-order valence-electron chi connectivity index (χ1n) is 0. The molecule has 0 fully saturated rings. The molecule has 60 valence electrons. The first kappa shape index (κ1) is 208. The topological polar surface area (TPSA) is 142 Å². The molecule has 0 bridgehead atoms. The first-order valence-corrected chi connectivity index (χ1v) is 0. The van der Waals surface area contributed by atoms with Crippen molar-refractivity contribution in [2.24, 2.45) is 0 Å². The zero-order valence-electron chi connectivity index (χ0n) is 3.83. The van der Waals surface area contributed by atoms with Gasteiger partial charge in [-0.1, -0.05) is 0 Å². The predicted molar refractivity (Wildman–Crippen MR) is 3.43 cm³/mol. The van der Waals surface area contributed by atoms with Crippen molar-refractivity contribution in [3.8, 4) is 0 Å². The second-order valence-corrected chi connectivity index (χ2v) is 0. The fourth-order valence-electron chi connectivity index (χ4n) is 0. The second-order valence-electron chi connectivity index (χ2n) is 0. The van der Waals surface area contributed by atoms with E-state index in [-0.39, 0.29) is 109 Å². The molecule has 4 radical (unpaired) electrons. The van der Waals surface area contributed by atoms with Gasteiger partial charge in [0.1, 0.15) is 0 Å². The molecule has 0 rings (SSSR count). The van der Waals surface area contributed by atoms with Gasteiger partial charge in [-0.2, -0.15) is 0 Å². The molecule has 0 atom stereocenters. The molecule has 0 unspecified atom stereocenters. The Kier molecular flexibility index (Phi) is 3600. The first-order chi connectivity index (χ1) is 0. The molecule has 0 aliphatic heterocycles. The average molecular weight is 368 g/mol. The van der Waals surface area contributed by atoms with Gasteiger partial charge in [0, 0.05) is 81.9 Å². The normalized spacial score (nSPS) is 0. The van der Waals surface area contributed by atoms with Crippen LogP contribution in [0.2, 0.25) is 0 Å². The van der Waals surface area contributed by atoms with Gasteiger partial charge in [-0.3, -0.25) is 0 Å². The van der Waals surface area contributed by atoms with Crippen LogP contribution in [0.3, 0.4) is 0 Å². The van der Waals surface area contributed by atoms with Crippen molar-refractivity contribution < 1.29 is 109 Å². The maximum absolute atomic E-state index is 0. The summed E-state index contributed by atoms with van der Waals surface area (Å²) in [6, 6.07) is 0. The minimum absolute atomic E-state index is 0. The fourth-order valence-corrected chi connectivity index (χ4v) is 0. The van der Waals surface area contributed by atoms with Gasteiger partial charge < -0.3 is 27.4 Å². The Hall–Kier alpha value is 2.45. The van der Waals surface area contributed by atoms with E-state index in [1.807, 2.05) is 0 Å². The standard InChI is InChI=1S/2Nb.5O.2V/q;;5*-2;;. The van der Waals surface area contributed by atoms with Gasteiger partial charge in [0.15, 0.2) is 0 Å². The van der Waals surface area contributed by atoms with E-state index in [1.165, 1.54) is 0 Å². The third kappa shape index (κ3) is 124. The number of hydrogen-bond donors (Lipinski definition) is 0. The van der Waals surface area contributed by atoms with Gasteiger partial charge >= 0.3 is 0 Å².